The highest BCUT2D eigenvalue weighted by Gasteiger charge is 2.19. The molecule has 0 radical (unpaired) electrons. The summed E-state index contributed by atoms with van der Waals surface area (Å²) in [6, 6.07) is 15.7. The van der Waals surface area contributed by atoms with E-state index in [0.29, 0.717) is 22.4 Å². The Labute approximate surface area is 243 Å². The SMILES string of the molecule is C=CC(=O)Oc1ccc(C#Cc2cc(OC(=O)C(=C)C)c(-c3ccc(OC(=O)C=C)cc3)cc2OC(=O)C(=C)C)cc1. The van der Waals surface area contributed by atoms with Crippen LogP contribution >= 0.6 is 0 Å². The van der Waals surface area contributed by atoms with Crippen LogP contribution in [0.4, 0.5) is 0 Å². The maximum Gasteiger partial charge on any atom is 0.338 e. The van der Waals surface area contributed by atoms with E-state index in [1.807, 2.05) is 0 Å². The van der Waals surface area contributed by atoms with Gasteiger partial charge < -0.3 is 18.9 Å². The van der Waals surface area contributed by atoms with Crippen molar-refractivity contribution in [3.63, 3.8) is 0 Å². The van der Waals surface area contributed by atoms with Crippen LogP contribution in [0.25, 0.3) is 11.1 Å². The van der Waals surface area contributed by atoms with Crippen molar-refractivity contribution >= 4 is 23.9 Å². The first-order chi connectivity index (χ1) is 20.0. The summed E-state index contributed by atoms with van der Waals surface area (Å²) in [5.41, 5.74) is 2.04. The Morgan fingerprint density at radius 2 is 1.12 bits per heavy atom. The molecule has 210 valence electrons. The molecule has 0 atom stereocenters. The lowest BCUT2D eigenvalue weighted by Crippen LogP contribution is -2.12. The van der Waals surface area contributed by atoms with E-state index >= 15 is 0 Å². The van der Waals surface area contributed by atoms with Gasteiger partial charge >= 0.3 is 23.9 Å². The minimum absolute atomic E-state index is 0.0827. The smallest absolute Gasteiger partial charge is 0.338 e. The van der Waals surface area contributed by atoms with Crippen molar-refractivity contribution in [2.45, 2.75) is 13.8 Å². The first-order valence-corrected chi connectivity index (χ1v) is 12.3. The fourth-order valence-electron chi connectivity index (χ4n) is 3.19. The Hall–Kier alpha value is -5.94. The van der Waals surface area contributed by atoms with Gasteiger partial charge in [-0.2, -0.15) is 0 Å². The number of benzene rings is 3. The van der Waals surface area contributed by atoms with Gasteiger partial charge in [0.1, 0.15) is 23.0 Å². The van der Waals surface area contributed by atoms with E-state index in [2.05, 4.69) is 38.2 Å². The molecule has 42 heavy (non-hydrogen) atoms. The van der Waals surface area contributed by atoms with Gasteiger partial charge in [0.2, 0.25) is 0 Å². The van der Waals surface area contributed by atoms with Crippen LogP contribution in [-0.2, 0) is 19.2 Å². The largest absolute Gasteiger partial charge is 0.423 e. The monoisotopic (exact) mass is 562 g/mol. The number of carbonyl (C=O) groups is 4. The third-order valence-corrected chi connectivity index (χ3v) is 5.32. The summed E-state index contributed by atoms with van der Waals surface area (Å²) >= 11 is 0. The lowest BCUT2D eigenvalue weighted by Gasteiger charge is -2.15. The highest BCUT2D eigenvalue weighted by atomic mass is 16.5. The normalized spacial score (nSPS) is 9.76. The molecule has 8 nitrogen and oxygen atoms in total. The van der Waals surface area contributed by atoms with E-state index in [-0.39, 0.29) is 34.0 Å². The van der Waals surface area contributed by atoms with Crippen LogP contribution in [-0.4, -0.2) is 23.9 Å². The molecule has 0 fully saturated rings. The minimum atomic E-state index is -0.684. The topological polar surface area (TPSA) is 105 Å². The molecule has 0 heterocycles. The van der Waals surface area contributed by atoms with Gasteiger partial charge in [-0.15, -0.1) is 0 Å². The molecule has 0 unspecified atom stereocenters. The fourth-order valence-corrected chi connectivity index (χ4v) is 3.19. The first kappa shape index (κ1) is 30.6. The lowest BCUT2D eigenvalue weighted by molar-refractivity contribution is -0.131. The maximum atomic E-state index is 12.5. The van der Waals surface area contributed by atoms with Gasteiger partial charge in [-0.05, 0) is 61.9 Å². The second-order valence-corrected chi connectivity index (χ2v) is 8.73. The lowest BCUT2D eigenvalue weighted by atomic mass is 10.0. The van der Waals surface area contributed by atoms with Crippen molar-refractivity contribution in [2.75, 3.05) is 0 Å². The second kappa shape index (κ2) is 13.9. The first-order valence-electron chi connectivity index (χ1n) is 12.3. The van der Waals surface area contributed by atoms with E-state index in [0.717, 1.165) is 12.2 Å². The Bertz CT molecular complexity index is 1660. The maximum absolute atomic E-state index is 12.5. The summed E-state index contributed by atoms with van der Waals surface area (Å²) in [6.07, 6.45) is 2.09. The van der Waals surface area contributed by atoms with Crippen molar-refractivity contribution < 1.29 is 38.1 Å². The zero-order valence-corrected chi connectivity index (χ0v) is 23.0. The number of carbonyl (C=O) groups excluding carboxylic acids is 4. The summed E-state index contributed by atoms with van der Waals surface area (Å²) < 4.78 is 21.4. The van der Waals surface area contributed by atoms with Gasteiger partial charge in [-0.25, -0.2) is 19.2 Å². The van der Waals surface area contributed by atoms with E-state index < -0.39 is 23.9 Å². The molecule has 3 rings (SSSR count). The Balaban J connectivity index is 2.12. The van der Waals surface area contributed by atoms with Crippen LogP contribution in [0.3, 0.4) is 0 Å². The number of hydrogen-bond acceptors (Lipinski definition) is 8. The average molecular weight is 563 g/mol. The van der Waals surface area contributed by atoms with Gasteiger partial charge in [0.25, 0.3) is 0 Å². The summed E-state index contributed by atoms with van der Waals surface area (Å²) in [5, 5.41) is 0. The van der Waals surface area contributed by atoms with E-state index in [1.165, 1.54) is 26.0 Å². The van der Waals surface area contributed by atoms with Crippen molar-refractivity contribution in [1.82, 2.24) is 0 Å². The highest BCUT2D eigenvalue weighted by molar-refractivity contribution is 5.92. The molecule has 0 N–H and O–H groups in total. The van der Waals surface area contributed by atoms with Crippen LogP contribution in [0.5, 0.6) is 23.0 Å². The molecular weight excluding hydrogens is 536 g/mol. The molecule has 3 aromatic rings. The molecule has 0 spiro atoms. The van der Waals surface area contributed by atoms with E-state index in [9.17, 15) is 19.2 Å². The van der Waals surface area contributed by atoms with Crippen LogP contribution in [0, 0.1) is 11.8 Å². The van der Waals surface area contributed by atoms with Gasteiger partial charge in [0, 0.05) is 40.5 Å². The molecule has 0 aromatic heterocycles. The van der Waals surface area contributed by atoms with Crippen LogP contribution in [0.1, 0.15) is 25.0 Å². The van der Waals surface area contributed by atoms with Crippen molar-refractivity contribution in [3.8, 4) is 46.0 Å². The van der Waals surface area contributed by atoms with Crippen molar-refractivity contribution in [1.29, 1.82) is 0 Å². The molecular formula is C34H26O8. The molecule has 8 heteroatoms. The molecule has 0 amide bonds. The van der Waals surface area contributed by atoms with Crippen molar-refractivity contribution in [2.24, 2.45) is 0 Å². The summed E-state index contributed by atoms with van der Waals surface area (Å²) in [7, 11) is 0. The fraction of sp³-hybridized carbons (Fsp3) is 0.0588. The Morgan fingerprint density at radius 3 is 1.60 bits per heavy atom. The predicted molar refractivity (Wildman–Crippen MR) is 157 cm³/mol. The van der Waals surface area contributed by atoms with E-state index in [4.69, 9.17) is 18.9 Å². The molecule has 0 aliphatic rings. The zero-order valence-electron chi connectivity index (χ0n) is 23.0. The Kier molecular flexibility index (Phi) is 10.1. The molecule has 0 aliphatic heterocycles. The van der Waals surface area contributed by atoms with Crippen molar-refractivity contribution in [3.05, 3.63) is 121 Å². The second-order valence-electron chi connectivity index (χ2n) is 8.73. The number of ether oxygens (including phenoxy) is 4. The summed E-state index contributed by atoms with van der Waals surface area (Å²) in [4.78, 5) is 48.0. The highest BCUT2D eigenvalue weighted by Crippen LogP contribution is 2.37. The van der Waals surface area contributed by atoms with Gasteiger partial charge in [0.05, 0.1) is 5.56 Å². The van der Waals surface area contributed by atoms with Crippen LogP contribution in [0.2, 0.25) is 0 Å². The standard InChI is InChI=1S/C34H26O8/c1-7-31(35)39-26-15-10-23(11-16-26)9-12-25-19-30(42-34(38)22(5)6)28(20-29(25)41-33(37)21(3)4)24-13-17-27(18-14-24)40-32(36)8-2/h7-8,10-11,13-20H,1-3,5H2,4,6H3. The minimum Gasteiger partial charge on any atom is -0.423 e. The Morgan fingerprint density at radius 1 is 0.643 bits per heavy atom. The third-order valence-electron chi connectivity index (χ3n) is 5.32. The predicted octanol–water partition coefficient (Wildman–Crippen LogP) is 5.90. The van der Waals surface area contributed by atoms with E-state index in [1.54, 1.807) is 48.5 Å². The van der Waals surface area contributed by atoms with Gasteiger partial charge in [-0.3, -0.25) is 0 Å². The van der Waals surface area contributed by atoms with Gasteiger partial charge in [-0.1, -0.05) is 50.3 Å². The summed E-state index contributed by atoms with van der Waals surface area (Å²) in [5.74, 6) is 4.09. The number of rotatable bonds is 9. The molecule has 0 saturated carbocycles. The number of hydrogen-bond donors (Lipinski definition) is 0. The quantitative estimate of drug-likeness (QED) is 0.137. The zero-order chi connectivity index (χ0) is 30.8. The molecule has 3 aromatic carbocycles. The molecule has 0 bridgehead atoms. The van der Waals surface area contributed by atoms with Gasteiger partial charge in [0.15, 0.2) is 0 Å². The molecule has 0 aliphatic carbocycles. The summed E-state index contributed by atoms with van der Waals surface area (Å²) in [6.45, 7) is 17.0. The van der Waals surface area contributed by atoms with Crippen LogP contribution < -0.4 is 18.9 Å². The third kappa shape index (κ3) is 8.28. The average Bonchev–Trinajstić information content (AvgIpc) is 2.97. The molecule has 0 saturated heterocycles. The van der Waals surface area contributed by atoms with Crippen LogP contribution in [0.15, 0.2) is 110 Å². The number of esters is 4.